The highest BCUT2D eigenvalue weighted by molar-refractivity contribution is 8.76. The maximum Gasteiger partial charge on any atom is 0.337 e. The quantitative estimate of drug-likeness (QED) is 0.251. The van der Waals surface area contributed by atoms with E-state index in [0.717, 1.165) is 20.8 Å². The Morgan fingerprint density at radius 2 is 2.04 bits per heavy atom. The van der Waals surface area contributed by atoms with Crippen LogP contribution in [0.1, 0.15) is 6.42 Å². The third-order valence-corrected chi connectivity index (χ3v) is 4.84. The first-order chi connectivity index (χ1) is 11.5. The molecule has 10 heteroatoms. The normalized spacial score (nSPS) is 16.2. The Labute approximate surface area is 145 Å². The van der Waals surface area contributed by atoms with Gasteiger partial charge in [0, 0.05) is 23.8 Å². The smallest absolute Gasteiger partial charge is 0.337 e. The molecular weight excluding hydrogens is 357 g/mol. The van der Waals surface area contributed by atoms with Gasteiger partial charge >= 0.3 is 12.0 Å². The lowest BCUT2D eigenvalue weighted by Gasteiger charge is -2.15. The van der Waals surface area contributed by atoms with Crippen LogP contribution in [-0.2, 0) is 14.3 Å². The molecule has 1 aliphatic rings. The van der Waals surface area contributed by atoms with Crippen molar-refractivity contribution in [2.45, 2.75) is 6.42 Å². The molecule has 1 heterocycles. The zero-order valence-electron chi connectivity index (χ0n) is 12.9. The Kier molecular flexibility index (Phi) is 6.21. The van der Waals surface area contributed by atoms with Crippen LogP contribution in [0.5, 0.6) is 0 Å². The zero-order chi connectivity index (χ0) is 17.7. The number of hydrogen-bond acceptors (Lipinski definition) is 7. The molecule has 128 valence electrons. The molecule has 0 atom stereocenters. The van der Waals surface area contributed by atoms with Gasteiger partial charge in [-0.2, -0.15) is 4.40 Å². The molecule has 1 fully saturated rings. The molecule has 3 amide bonds. The molecule has 0 N–H and O–H groups in total. The minimum Gasteiger partial charge on any atom is -0.469 e. The number of carbonyl (C=O) groups excluding carboxylic acids is 3. The Morgan fingerprint density at radius 1 is 1.33 bits per heavy atom. The number of imide groups is 1. The van der Waals surface area contributed by atoms with E-state index in [1.807, 2.05) is 0 Å². The summed E-state index contributed by atoms with van der Waals surface area (Å²) in [6.07, 6.45) is 0.197. The highest BCUT2D eigenvalue weighted by atomic mass is 33.1. The van der Waals surface area contributed by atoms with Crippen LogP contribution in [0, 0.1) is 5.82 Å². The molecule has 1 saturated heterocycles. The number of nitrogens with zero attached hydrogens (tertiary/aromatic N) is 3. The number of methoxy groups -OCH3 is 1. The van der Waals surface area contributed by atoms with E-state index < -0.39 is 17.8 Å². The van der Waals surface area contributed by atoms with E-state index >= 15 is 0 Å². The van der Waals surface area contributed by atoms with E-state index in [1.54, 1.807) is 6.07 Å². The summed E-state index contributed by atoms with van der Waals surface area (Å²) >= 11 is 0. The molecule has 0 spiro atoms. The molecule has 0 saturated carbocycles. The molecule has 0 aromatic heterocycles. The Balaban J connectivity index is 2.14. The number of ether oxygens (including phenoxy) is 1. The molecule has 7 nitrogen and oxygen atoms in total. The standard InChI is InChI=1S/C14H14FN3O4S2/c1-17-13(20)12(16-24-23-8-7-11(19)22-2)18(14(17)21)10-6-4-3-5-9(10)15/h3-6H,7-8H2,1-2H3/b16-12-. The second kappa shape index (κ2) is 8.15. The Morgan fingerprint density at radius 3 is 2.71 bits per heavy atom. The van der Waals surface area contributed by atoms with Gasteiger partial charge < -0.3 is 4.74 Å². The lowest BCUT2D eigenvalue weighted by Crippen LogP contribution is -2.32. The fourth-order valence-electron chi connectivity index (χ4n) is 1.83. The van der Waals surface area contributed by atoms with Gasteiger partial charge in [0.15, 0.2) is 0 Å². The van der Waals surface area contributed by atoms with Gasteiger partial charge in [0.25, 0.3) is 5.91 Å². The molecule has 24 heavy (non-hydrogen) atoms. The van der Waals surface area contributed by atoms with Gasteiger partial charge in [-0.05, 0) is 12.1 Å². The van der Waals surface area contributed by atoms with Crippen LogP contribution < -0.4 is 4.90 Å². The van der Waals surface area contributed by atoms with Crippen LogP contribution in [0.15, 0.2) is 28.7 Å². The average molecular weight is 371 g/mol. The first-order valence-electron chi connectivity index (χ1n) is 6.77. The first kappa shape index (κ1) is 18.3. The predicted molar refractivity (Wildman–Crippen MR) is 91.2 cm³/mol. The number of esters is 1. The molecule has 0 unspecified atom stereocenters. The molecule has 1 aliphatic heterocycles. The van der Waals surface area contributed by atoms with Crippen molar-refractivity contribution in [3.8, 4) is 0 Å². The molecule has 0 aliphatic carbocycles. The largest absolute Gasteiger partial charge is 0.469 e. The number of urea groups is 1. The number of benzene rings is 1. The third-order valence-electron chi connectivity index (χ3n) is 3.07. The summed E-state index contributed by atoms with van der Waals surface area (Å²) in [5.41, 5.74) is -0.0425. The molecule has 1 aromatic carbocycles. The lowest BCUT2D eigenvalue weighted by atomic mass is 10.3. The van der Waals surface area contributed by atoms with E-state index in [2.05, 4.69) is 9.13 Å². The summed E-state index contributed by atoms with van der Waals surface area (Å²) in [5, 5.41) is 0. The number of rotatable bonds is 6. The van der Waals surface area contributed by atoms with E-state index in [9.17, 15) is 18.8 Å². The minimum absolute atomic E-state index is 0.0425. The van der Waals surface area contributed by atoms with Crippen LogP contribution >= 0.6 is 21.8 Å². The van der Waals surface area contributed by atoms with Crippen molar-refractivity contribution in [1.82, 2.24) is 4.90 Å². The van der Waals surface area contributed by atoms with Crippen molar-refractivity contribution in [3.05, 3.63) is 30.1 Å². The number of anilines is 1. The fourth-order valence-corrected chi connectivity index (χ4v) is 3.28. The Hall–Kier alpha value is -2.07. The SMILES string of the molecule is COC(=O)CCSS/N=C1/C(=O)N(C)C(=O)N1c1ccccc1F. The number of para-hydroxylation sites is 1. The maximum absolute atomic E-state index is 14.0. The van der Waals surface area contributed by atoms with Crippen LogP contribution in [0.4, 0.5) is 14.9 Å². The highest BCUT2D eigenvalue weighted by Gasteiger charge is 2.42. The molecule has 1 aromatic rings. The van der Waals surface area contributed by atoms with E-state index in [-0.39, 0.29) is 23.9 Å². The van der Waals surface area contributed by atoms with E-state index in [1.165, 1.54) is 43.2 Å². The maximum atomic E-state index is 14.0. The van der Waals surface area contributed by atoms with Crippen LogP contribution in [0.3, 0.4) is 0 Å². The van der Waals surface area contributed by atoms with Gasteiger partial charge in [0.05, 0.1) is 19.2 Å². The first-order valence-corrected chi connectivity index (χ1v) is 9.05. The van der Waals surface area contributed by atoms with Crippen molar-refractivity contribution in [2.75, 3.05) is 24.8 Å². The predicted octanol–water partition coefficient (Wildman–Crippen LogP) is 2.48. The number of amidine groups is 1. The van der Waals surface area contributed by atoms with Gasteiger partial charge in [-0.3, -0.25) is 14.5 Å². The second-order valence-electron chi connectivity index (χ2n) is 4.57. The van der Waals surface area contributed by atoms with Crippen LogP contribution in [0.25, 0.3) is 0 Å². The van der Waals surface area contributed by atoms with Gasteiger partial charge in [0.2, 0.25) is 5.84 Å². The van der Waals surface area contributed by atoms with Crippen molar-refractivity contribution in [1.29, 1.82) is 0 Å². The molecule has 2 rings (SSSR count). The third kappa shape index (κ3) is 3.88. The van der Waals surface area contributed by atoms with Crippen molar-refractivity contribution in [2.24, 2.45) is 4.40 Å². The summed E-state index contributed by atoms with van der Waals surface area (Å²) in [6.45, 7) is 0. The number of halogens is 1. The van der Waals surface area contributed by atoms with Gasteiger partial charge in [0.1, 0.15) is 5.82 Å². The molecule has 0 radical (unpaired) electrons. The van der Waals surface area contributed by atoms with Gasteiger partial charge in [-0.1, -0.05) is 22.9 Å². The summed E-state index contributed by atoms with van der Waals surface area (Å²) in [6, 6.07) is 4.96. The fraction of sp³-hybridized carbons (Fsp3) is 0.286. The summed E-state index contributed by atoms with van der Waals surface area (Å²) in [4.78, 5) is 37.2. The van der Waals surface area contributed by atoms with Crippen molar-refractivity contribution in [3.63, 3.8) is 0 Å². The van der Waals surface area contributed by atoms with E-state index in [0.29, 0.717) is 5.75 Å². The lowest BCUT2D eigenvalue weighted by molar-refractivity contribution is -0.140. The van der Waals surface area contributed by atoms with Crippen molar-refractivity contribution >= 4 is 51.2 Å². The highest BCUT2D eigenvalue weighted by Crippen LogP contribution is 2.29. The Bertz CT molecular complexity index is 698. The number of hydrogen-bond donors (Lipinski definition) is 0. The van der Waals surface area contributed by atoms with Crippen LogP contribution in [0.2, 0.25) is 0 Å². The molecule has 0 bridgehead atoms. The van der Waals surface area contributed by atoms with E-state index in [4.69, 9.17) is 0 Å². The van der Waals surface area contributed by atoms with Crippen molar-refractivity contribution < 1.29 is 23.5 Å². The monoisotopic (exact) mass is 371 g/mol. The summed E-state index contributed by atoms with van der Waals surface area (Å²) in [5.74, 6) is -1.36. The van der Waals surface area contributed by atoms with Crippen LogP contribution in [-0.4, -0.2) is 48.6 Å². The summed E-state index contributed by atoms with van der Waals surface area (Å²) in [7, 11) is 4.76. The molecular formula is C14H14FN3O4S2. The second-order valence-corrected chi connectivity index (χ2v) is 6.70. The average Bonchev–Trinajstić information content (AvgIpc) is 2.79. The topological polar surface area (TPSA) is 79.3 Å². The number of carbonyl (C=O) groups is 3. The van der Waals surface area contributed by atoms with Gasteiger partial charge in [-0.15, -0.1) is 0 Å². The van der Waals surface area contributed by atoms with Gasteiger partial charge in [-0.25, -0.2) is 14.1 Å². The number of likely N-dealkylation sites (N-methyl/N-ethyl adjacent to an activating group) is 1. The summed E-state index contributed by atoms with van der Waals surface area (Å²) < 4.78 is 22.5. The number of amides is 3. The minimum atomic E-state index is -0.677. The zero-order valence-corrected chi connectivity index (χ0v) is 14.5.